The minimum Gasteiger partial charge on any atom is -0.309 e. The lowest BCUT2D eigenvalue weighted by Crippen LogP contribution is -2.35. The summed E-state index contributed by atoms with van der Waals surface area (Å²) in [4.78, 5) is 36.9. The number of carbonyl (C=O) groups is 2. The second-order valence-electron chi connectivity index (χ2n) is 6.36. The summed E-state index contributed by atoms with van der Waals surface area (Å²) in [7, 11) is 0. The fourth-order valence-corrected chi connectivity index (χ4v) is 3.19. The topological polar surface area (TPSA) is 66.4 Å². The van der Waals surface area contributed by atoms with Crippen molar-refractivity contribution in [3.63, 3.8) is 0 Å². The molecule has 0 radical (unpaired) electrons. The number of benzene rings is 1. The molecule has 2 fully saturated rings. The number of amides is 3. The molecule has 1 aliphatic carbocycles. The van der Waals surface area contributed by atoms with E-state index in [0.717, 1.165) is 24.0 Å². The van der Waals surface area contributed by atoms with Gasteiger partial charge in [-0.2, -0.15) is 0 Å². The average Bonchev–Trinajstić information content (AvgIpc) is 3.39. The molecule has 0 N–H and O–H groups in total. The van der Waals surface area contributed by atoms with Gasteiger partial charge in [0.05, 0.1) is 17.6 Å². The Morgan fingerprint density at radius 2 is 1.96 bits per heavy atom. The summed E-state index contributed by atoms with van der Waals surface area (Å²) in [5.41, 5.74) is 3.06. The molecule has 2 heterocycles. The van der Waals surface area contributed by atoms with E-state index in [2.05, 4.69) is 9.97 Å². The zero-order chi connectivity index (χ0) is 16.8. The van der Waals surface area contributed by atoms with Gasteiger partial charge in [-0.05, 0) is 38.3 Å². The highest BCUT2D eigenvalue weighted by Crippen LogP contribution is 2.37. The summed E-state index contributed by atoms with van der Waals surface area (Å²) in [6.45, 7) is 3.71. The summed E-state index contributed by atoms with van der Waals surface area (Å²) < 4.78 is 0. The molecule has 1 saturated heterocycles. The lowest BCUT2D eigenvalue weighted by Gasteiger charge is -2.19. The van der Waals surface area contributed by atoms with Crippen molar-refractivity contribution in [3.05, 3.63) is 42.4 Å². The Morgan fingerprint density at radius 3 is 2.62 bits per heavy atom. The first-order valence-corrected chi connectivity index (χ1v) is 8.11. The molecule has 2 aliphatic rings. The van der Waals surface area contributed by atoms with Gasteiger partial charge in [0.2, 0.25) is 0 Å². The standard InChI is InChI=1S/C18H18N4O2/c1-11-3-4-13(15-10-19-7-8-20-15)9-16(11)22-17(23)12(2)21(18(22)24)14-5-6-14/h3-4,7-10,12,14H,5-6H2,1-2H3. The van der Waals surface area contributed by atoms with Crippen LogP contribution >= 0.6 is 0 Å². The van der Waals surface area contributed by atoms with E-state index in [1.807, 2.05) is 25.1 Å². The van der Waals surface area contributed by atoms with Crippen LogP contribution in [0.25, 0.3) is 11.3 Å². The number of aromatic nitrogens is 2. The molecule has 2 aromatic rings. The van der Waals surface area contributed by atoms with Crippen LogP contribution in [0.5, 0.6) is 0 Å². The van der Waals surface area contributed by atoms with Gasteiger partial charge in [-0.15, -0.1) is 0 Å². The van der Waals surface area contributed by atoms with E-state index in [0.29, 0.717) is 11.4 Å². The Hall–Kier alpha value is -2.76. The second kappa shape index (κ2) is 5.40. The molecule has 1 aliphatic heterocycles. The SMILES string of the molecule is Cc1ccc(-c2cnccn2)cc1N1C(=O)C(C)N(C2CC2)C1=O. The van der Waals surface area contributed by atoms with Gasteiger partial charge in [-0.3, -0.25) is 14.8 Å². The van der Waals surface area contributed by atoms with E-state index in [1.165, 1.54) is 4.90 Å². The number of urea groups is 1. The molecule has 6 heteroatoms. The average molecular weight is 322 g/mol. The Morgan fingerprint density at radius 1 is 1.17 bits per heavy atom. The molecular formula is C18H18N4O2. The lowest BCUT2D eigenvalue weighted by atomic mass is 10.1. The fraction of sp³-hybridized carbons (Fsp3) is 0.333. The van der Waals surface area contributed by atoms with Gasteiger partial charge in [-0.25, -0.2) is 9.69 Å². The Kier molecular flexibility index (Phi) is 3.33. The van der Waals surface area contributed by atoms with Gasteiger partial charge in [0.25, 0.3) is 5.91 Å². The number of aryl methyl sites for hydroxylation is 1. The van der Waals surface area contributed by atoms with Crippen molar-refractivity contribution < 1.29 is 9.59 Å². The van der Waals surface area contributed by atoms with Gasteiger partial charge < -0.3 is 4.90 Å². The first-order valence-electron chi connectivity index (χ1n) is 8.11. The van der Waals surface area contributed by atoms with Gasteiger partial charge in [-0.1, -0.05) is 12.1 Å². The van der Waals surface area contributed by atoms with Gasteiger partial charge in [0.1, 0.15) is 6.04 Å². The van der Waals surface area contributed by atoms with Crippen LogP contribution in [0, 0.1) is 6.92 Å². The summed E-state index contributed by atoms with van der Waals surface area (Å²) in [6, 6.07) is 5.28. The zero-order valence-electron chi connectivity index (χ0n) is 13.6. The van der Waals surface area contributed by atoms with Crippen molar-refractivity contribution >= 4 is 17.6 Å². The van der Waals surface area contributed by atoms with E-state index in [1.54, 1.807) is 30.4 Å². The number of nitrogens with zero attached hydrogens (tertiary/aromatic N) is 4. The number of imide groups is 1. The van der Waals surface area contributed by atoms with Crippen molar-refractivity contribution in [2.45, 2.75) is 38.8 Å². The smallest absolute Gasteiger partial charge is 0.309 e. The maximum atomic E-state index is 12.8. The Labute approximate surface area is 140 Å². The third-order valence-electron chi connectivity index (χ3n) is 4.66. The highest BCUT2D eigenvalue weighted by molar-refractivity contribution is 6.21. The van der Waals surface area contributed by atoms with Crippen molar-refractivity contribution in [2.24, 2.45) is 0 Å². The fourth-order valence-electron chi connectivity index (χ4n) is 3.19. The predicted octanol–water partition coefficient (Wildman–Crippen LogP) is 2.77. The van der Waals surface area contributed by atoms with Crippen LogP contribution in [0.1, 0.15) is 25.3 Å². The van der Waals surface area contributed by atoms with E-state index in [9.17, 15) is 9.59 Å². The second-order valence-corrected chi connectivity index (χ2v) is 6.36. The minimum absolute atomic E-state index is 0.161. The Balaban J connectivity index is 1.76. The summed E-state index contributed by atoms with van der Waals surface area (Å²) in [5.74, 6) is -0.161. The molecule has 1 unspecified atom stereocenters. The molecule has 1 aromatic carbocycles. The van der Waals surface area contributed by atoms with E-state index < -0.39 is 6.04 Å². The van der Waals surface area contributed by atoms with Crippen LogP contribution < -0.4 is 4.90 Å². The summed E-state index contributed by atoms with van der Waals surface area (Å²) >= 11 is 0. The largest absolute Gasteiger partial charge is 0.332 e. The molecule has 24 heavy (non-hydrogen) atoms. The highest BCUT2D eigenvalue weighted by Gasteiger charge is 2.49. The van der Waals surface area contributed by atoms with Crippen molar-refractivity contribution in [1.82, 2.24) is 14.9 Å². The molecule has 122 valence electrons. The monoisotopic (exact) mass is 322 g/mol. The predicted molar refractivity (Wildman–Crippen MR) is 89.4 cm³/mol. The van der Waals surface area contributed by atoms with Crippen molar-refractivity contribution in [2.75, 3.05) is 4.90 Å². The van der Waals surface area contributed by atoms with Crippen molar-refractivity contribution in [1.29, 1.82) is 0 Å². The van der Waals surface area contributed by atoms with Crippen LogP contribution in [0.2, 0.25) is 0 Å². The maximum absolute atomic E-state index is 12.8. The van der Waals surface area contributed by atoms with Crippen LogP contribution in [0.3, 0.4) is 0 Å². The number of hydrogen-bond donors (Lipinski definition) is 0. The highest BCUT2D eigenvalue weighted by atomic mass is 16.2. The van der Waals surface area contributed by atoms with Crippen molar-refractivity contribution in [3.8, 4) is 11.3 Å². The van der Waals surface area contributed by atoms with Gasteiger partial charge in [0, 0.05) is 24.0 Å². The molecule has 4 rings (SSSR count). The van der Waals surface area contributed by atoms with Crippen LogP contribution in [0.4, 0.5) is 10.5 Å². The number of rotatable bonds is 3. The van der Waals surface area contributed by atoms with Crippen LogP contribution in [-0.2, 0) is 4.79 Å². The lowest BCUT2D eigenvalue weighted by molar-refractivity contribution is -0.119. The Bertz CT molecular complexity index is 817. The number of hydrogen-bond acceptors (Lipinski definition) is 4. The van der Waals surface area contributed by atoms with Crippen LogP contribution in [0.15, 0.2) is 36.8 Å². The first-order chi connectivity index (χ1) is 11.6. The van der Waals surface area contributed by atoms with E-state index >= 15 is 0 Å². The van der Waals surface area contributed by atoms with Gasteiger partial charge >= 0.3 is 6.03 Å². The molecule has 0 spiro atoms. The van der Waals surface area contributed by atoms with Gasteiger partial charge in [0.15, 0.2) is 0 Å². The molecule has 6 nitrogen and oxygen atoms in total. The molecule has 0 bridgehead atoms. The number of carbonyl (C=O) groups excluding carboxylic acids is 2. The van der Waals surface area contributed by atoms with E-state index in [4.69, 9.17) is 0 Å². The zero-order valence-corrected chi connectivity index (χ0v) is 13.6. The maximum Gasteiger partial charge on any atom is 0.332 e. The molecule has 1 aromatic heterocycles. The molecule has 1 saturated carbocycles. The molecule has 3 amide bonds. The summed E-state index contributed by atoms with van der Waals surface area (Å²) in [5, 5.41) is 0. The minimum atomic E-state index is -0.399. The number of anilines is 1. The third kappa shape index (κ3) is 2.26. The molecular weight excluding hydrogens is 304 g/mol. The quantitative estimate of drug-likeness (QED) is 0.815. The molecule has 1 atom stereocenters. The normalized spacial score (nSPS) is 20.8. The summed E-state index contributed by atoms with van der Waals surface area (Å²) in [6.07, 6.45) is 6.87. The first kappa shape index (κ1) is 14.8. The van der Waals surface area contributed by atoms with Crippen LogP contribution in [-0.4, -0.2) is 38.9 Å². The third-order valence-corrected chi connectivity index (χ3v) is 4.66. The van der Waals surface area contributed by atoms with E-state index in [-0.39, 0.29) is 18.0 Å².